The number of aromatic nitrogens is 1. The summed E-state index contributed by atoms with van der Waals surface area (Å²) in [5.41, 5.74) is 0.260. The van der Waals surface area contributed by atoms with E-state index < -0.39 is 34.8 Å². The molecule has 0 aromatic carbocycles. The molecule has 0 radical (unpaired) electrons. The molecule has 29 heavy (non-hydrogen) atoms. The highest BCUT2D eigenvalue weighted by Gasteiger charge is 2.39. The lowest BCUT2D eigenvalue weighted by molar-refractivity contribution is -0.154. The summed E-state index contributed by atoms with van der Waals surface area (Å²) in [4.78, 5) is 16.4. The van der Waals surface area contributed by atoms with Crippen LogP contribution in [0.4, 0.5) is 13.2 Å². The zero-order valence-corrected chi connectivity index (χ0v) is 16.7. The molecule has 2 aromatic heterocycles. The molecule has 2 aromatic rings. The van der Waals surface area contributed by atoms with Crippen LogP contribution < -0.4 is 10.1 Å². The van der Waals surface area contributed by atoms with Crippen LogP contribution in [0.1, 0.15) is 18.4 Å². The lowest BCUT2D eigenvalue weighted by Gasteiger charge is -2.22. The highest BCUT2D eigenvalue weighted by molar-refractivity contribution is 7.91. The molecule has 3 heterocycles. The van der Waals surface area contributed by atoms with Crippen LogP contribution in [0.3, 0.4) is 0 Å². The molecule has 12 heteroatoms. The molecule has 1 aliphatic rings. The maximum Gasteiger partial charge on any atom is 0.422 e. The van der Waals surface area contributed by atoms with Gasteiger partial charge in [-0.25, -0.2) is 13.4 Å². The van der Waals surface area contributed by atoms with Crippen LogP contribution in [-0.2, 0) is 21.4 Å². The predicted octanol–water partition coefficient (Wildman–Crippen LogP) is 2.55. The highest BCUT2D eigenvalue weighted by Crippen LogP contribution is 2.29. The van der Waals surface area contributed by atoms with Crippen LogP contribution in [0.15, 0.2) is 40.1 Å². The summed E-state index contributed by atoms with van der Waals surface area (Å²) in [6.45, 7) is -1.41. The number of halogens is 3. The van der Waals surface area contributed by atoms with E-state index in [1.165, 1.54) is 28.7 Å². The molecule has 1 fully saturated rings. The predicted molar refractivity (Wildman–Crippen MR) is 98.9 cm³/mol. The topological polar surface area (TPSA) is 88.6 Å². The molecular formula is C17H18F3N3O4S2. The molecular weight excluding hydrogens is 431 g/mol. The number of hydrogen-bond acceptors (Lipinski definition) is 6. The van der Waals surface area contributed by atoms with Crippen LogP contribution in [0.2, 0.25) is 0 Å². The lowest BCUT2D eigenvalue weighted by atomic mass is 10.2. The number of hydrogen-bond donors (Lipinski definition) is 1. The van der Waals surface area contributed by atoms with E-state index in [1.807, 2.05) is 0 Å². The van der Waals surface area contributed by atoms with Gasteiger partial charge in [-0.2, -0.15) is 17.5 Å². The smallest absolute Gasteiger partial charge is 0.422 e. The second kappa shape index (κ2) is 8.67. The highest BCUT2D eigenvalue weighted by atomic mass is 32.2. The van der Waals surface area contributed by atoms with Crippen molar-refractivity contribution in [3.63, 3.8) is 0 Å². The fourth-order valence-electron chi connectivity index (χ4n) is 2.95. The molecule has 0 bridgehead atoms. The summed E-state index contributed by atoms with van der Waals surface area (Å²) in [6, 6.07) is 5.21. The van der Waals surface area contributed by atoms with Crippen molar-refractivity contribution in [1.82, 2.24) is 14.6 Å². The summed E-state index contributed by atoms with van der Waals surface area (Å²) in [7, 11) is -3.78. The number of carbonyl (C=O) groups excluding carboxylic acids is 1. The summed E-state index contributed by atoms with van der Waals surface area (Å²) in [6.07, 6.45) is -2.34. The molecule has 1 aliphatic heterocycles. The fourth-order valence-corrected chi connectivity index (χ4v) is 5.73. The number of nitrogens with one attached hydrogen (secondary N) is 1. The third-order valence-electron chi connectivity index (χ3n) is 4.24. The Labute approximate surface area is 169 Å². The van der Waals surface area contributed by atoms with Gasteiger partial charge in [-0.15, -0.1) is 11.3 Å². The van der Waals surface area contributed by atoms with Crippen molar-refractivity contribution in [2.45, 2.75) is 35.8 Å². The Hall–Kier alpha value is -2.18. The first-order chi connectivity index (χ1) is 13.7. The molecule has 3 rings (SSSR count). The van der Waals surface area contributed by atoms with Crippen LogP contribution in [0.25, 0.3) is 0 Å². The molecule has 0 spiro atoms. The lowest BCUT2D eigenvalue weighted by Crippen LogP contribution is -2.45. The molecule has 1 atom stereocenters. The van der Waals surface area contributed by atoms with Gasteiger partial charge in [-0.3, -0.25) is 4.79 Å². The number of sulfonamides is 1. The molecule has 1 saturated heterocycles. The van der Waals surface area contributed by atoms with Crippen molar-refractivity contribution in [3.05, 3.63) is 41.4 Å². The average molecular weight is 449 g/mol. The van der Waals surface area contributed by atoms with Crippen molar-refractivity contribution in [2.24, 2.45) is 0 Å². The van der Waals surface area contributed by atoms with Gasteiger partial charge in [0.05, 0.1) is 0 Å². The van der Waals surface area contributed by atoms with Crippen LogP contribution in [0.5, 0.6) is 5.88 Å². The van der Waals surface area contributed by atoms with Crippen molar-refractivity contribution in [2.75, 3.05) is 13.2 Å². The Morgan fingerprint density at radius 1 is 1.34 bits per heavy atom. The van der Waals surface area contributed by atoms with Gasteiger partial charge in [-0.05, 0) is 30.4 Å². The SMILES string of the molecule is O=C(NCc1cccnc1OCC(F)(F)F)C1CCCN1S(=O)(=O)c1cccs1. The fraction of sp³-hybridized carbons (Fsp3) is 0.412. The van der Waals surface area contributed by atoms with E-state index in [4.69, 9.17) is 4.74 Å². The standard InChI is InChI=1S/C17H18F3N3O4S2/c18-17(19,20)11-27-16-12(4-1-7-21-16)10-22-15(24)13-5-2-8-23(13)29(25,26)14-6-3-9-28-14/h1,3-4,6-7,9,13H,2,5,8,10-11H2,(H,22,24). The number of alkyl halides is 3. The number of rotatable bonds is 7. The maximum atomic E-state index is 12.7. The Morgan fingerprint density at radius 3 is 2.83 bits per heavy atom. The zero-order valence-electron chi connectivity index (χ0n) is 15.1. The number of amides is 1. The number of ether oxygens (including phenoxy) is 1. The van der Waals surface area contributed by atoms with Crippen molar-refractivity contribution in [1.29, 1.82) is 0 Å². The van der Waals surface area contributed by atoms with E-state index in [0.29, 0.717) is 12.8 Å². The van der Waals surface area contributed by atoms with E-state index in [2.05, 4.69) is 10.3 Å². The molecule has 0 saturated carbocycles. The largest absolute Gasteiger partial charge is 0.468 e. The van der Waals surface area contributed by atoms with Gasteiger partial charge >= 0.3 is 6.18 Å². The first-order valence-electron chi connectivity index (χ1n) is 8.65. The van der Waals surface area contributed by atoms with Gasteiger partial charge in [0.15, 0.2) is 6.61 Å². The first kappa shape index (κ1) is 21.5. The Balaban J connectivity index is 1.67. The Bertz CT molecular complexity index is 949. The maximum absolute atomic E-state index is 12.7. The van der Waals surface area contributed by atoms with Gasteiger partial charge in [-0.1, -0.05) is 12.1 Å². The first-order valence-corrected chi connectivity index (χ1v) is 11.0. The number of nitrogens with zero attached hydrogens (tertiary/aromatic N) is 2. The summed E-state index contributed by atoms with van der Waals surface area (Å²) >= 11 is 1.07. The number of carbonyl (C=O) groups is 1. The summed E-state index contributed by atoms with van der Waals surface area (Å²) in [5.74, 6) is -0.757. The van der Waals surface area contributed by atoms with Gasteiger partial charge in [0.2, 0.25) is 11.8 Å². The van der Waals surface area contributed by atoms with Gasteiger partial charge in [0.1, 0.15) is 10.3 Å². The van der Waals surface area contributed by atoms with Crippen molar-refractivity contribution in [3.8, 4) is 5.88 Å². The third-order valence-corrected chi connectivity index (χ3v) is 7.52. The van der Waals surface area contributed by atoms with Crippen molar-refractivity contribution < 1.29 is 31.1 Å². The molecule has 158 valence electrons. The van der Waals surface area contributed by atoms with E-state index in [1.54, 1.807) is 11.4 Å². The normalized spacial score (nSPS) is 18.0. The quantitative estimate of drug-likeness (QED) is 0.702. The minimum atomic E-state index is -4.52. The monoisotopic (exact) mass is 449 g/mol. The minimum absolute atomic E-state index is 0.136. The van der Waals surface area contributed by atoms with E-state index in [-0.39, 0.29) is 28.7 Å². The molecule has 1 unspecified atom stereocenters. The average Bonchev–Trinajstić information content (AvgIpc) is 3.36. The van der Waals surface area contributed by atoms with Crippen LogP contribution in [-0.4, -0.2) is 49.0 Å². The van der Waals surface area contributed by atoms with Crippen LogP contribution >= 0.6 is 11.3 Å². The third kappa shape index (κ3) is 5.25. The minimum Gasteiger partial charge on any atom is -0.468 e. The zero-order chi connectivity index (χ0) is 21.1. The van der Waals surface area contributed by atoms with Crippen LogP contribution in [0, 0.1) is 0 Å². The second-order valence-corrected chi connectivity index (χ2v) is 9.36. The molecule has 0 aliphatic carbocycles. The second-order valence-electron chi connectivity index (χ2n) is 6.30. The Morgan fingerprint density at radius 2 is 2.14 bits per heavy atom. The number of pyridine rings is 1. The van der Waals surface area contributed by atoms with Gasteiger partial charge < -0.3 is 10.1 Å². The van der Waals surface area contributed by atoms with Gasteiger partial charge in [0.25, 0.3) is 10.0 Å². The van der Waals surface area contributed by atoms with Crippen molar-refractivity contribution >= 4 is 27.3 Å². The number of thiophene rings is 1. The van der Waals surface area contributed by atoms with Gasteiger partial charge in [0, 0.05) is 24.8 Å². The van der Waals surface area contributed by atoms with E-state index >= 15 is 0 Å². The molecule has 1 amide bonds. The summed E-state index contributed by atoms with van der Waals surface area (Å²) < 4.78 is 68.6. The summed E-state index contributed by atoms with van der Waals surface area (Å²) in [5, 5.41) is 4.22. The molecule has 7 nitrogen and oxygen atoms in total. The molecule has 1 N–H and O–H groups in total. The van der Waals surface area contributed by atoms with E-state index in [0.717, 1.165) is 11.3 Å². The van der Waals surface area contributed by atoms with E-state index in [9.17, 15) is 26.4 Å². The Kier molecular flexibility index (Phi) is 6.44.